The molecule has 0 aliphatic heterocycles. The van der Waals surface area contributed by atoms with Crippen LogP contribution < -0.4 is 10.1 Å². The fraction of sp³-hybridized carbons (Fsp3) is 0.500. The first-order chi connectivity index (χ1) is 9.85. The molecule has 1 aliphatic carbocycles. The molecule has 0 radical (unpaired) electrons. The van der Waals surface area contributed by atoms with E-state index in [9.17, 15) is 9.59 Å². The highest BCUT2D eigenvalue weighted by atomic mass is 16.5. The van der Waals surface area contributed by atoms with Crippen molar-refractivity contribution in [2.75, 3.05) is 11.9 Å². The Morgan fingerprint density at radius 1 is 1.48 bits per heavy atom. The van der Waals surface area contributed by atoms with Crippen molar-refractivity contribution in [2.45, 2.75) is 33.6 Å². The lowest BCUT2D eigenvalue weighted by atomic mass is 10.0. The summed E-state index contributed by atoms with van der Waals surface area (Å²) in [7, 11) is 0. The first-order valence-electron chi connectivity index (χ1n) is 7.12. The lowest BCUT2D eigenvalue weighted by Gasteiger charge is -2.12. The maximum atomic E-state index is 12.2. The number of carbonyl (C=O) groups is 2. The molecule has 1 aliphatic rings. The average molecular weight is 291 g/mol. The Balaban J connectivity index is 1.98. The van der Waals surface area contributed by atoms with E-state index in [2.05, 4.69) is 19.2 Å². The quantitative estimate of drug-likeness (QED) is 0.845. The number of rotatable bonds is 6. The smallest absolute Gasteiger partial charge is 0.341 e. The van der Waals surface area contributed by atoms with Crippen molar-refractivity contribution in [2.24, 2.45) is 11.3 Å². The highest BCUT2D eigenvalue weighted by Crippen LogP contribution is 2.55. The van der Waals surface area contributed by atoms with Crippen LogP contribution in [0.5, 0.6) is 5.75 Å². The molecular weight excluding hydrogens is 270 g/mol. The van der Waals surface area contributed by atoms with E-state index in [0.29, 0.717) is 5.75 Å². The van der Waals surface area contributed by atoms with E-state index in [1.807, 2.05) is 6.92 Å². The minimum Gasteiger partial charge on any atom is -0.482 e. The zero-order chi connectivity index (χ0) is 15.6. The molecule has 0 saturated heterocycles. The number of hydrogen-bond acceptors (Lipinski definition) is 3. The second-order valence-electron chi connectivity index (χ2n) is 5.91. The van der Waals surface area contributed by atoms with E-state index < -0.39 is 5.97 Å². The number of carbonyl (C=O) groups excluding carboxylic acids is 1. The van der Waals surface area contributed by atoms with Crippen LogP contribution in [0.2, 0.25) is 0 Å². The molecule has 114 valence electrons. The SMILES string of the molecule is CCC1(C)CC1C(=O)Nc1ccc(OCC(=O)O)cc1C. The molecule has 5 heteroatoms. The number of benzene rings is 1. The zero-order valence-electron chi connectivity index (χ0n) is 12.6. The lowest BCUT2D eigenvalue weighted by molar-refractivity contribution is -0.139. The highest BCUT2D eigenvalue weighted by Gasteiger charge is 2.52. The highest BCUT2D eigenvalue weighted by molar-refractivity contribution is 5.95. The summed E-state index contributed by atoms with van der Waals surface area (Å²) in [5.74, 6) is -0.387. The lowest BCUT2D eigenvalue weighted by Crippen LogP contribution is -2.18. The first-order valence-corrected chi connectivity index (χ1v) is 7.12. The second kappa shape index (κ2) is 5.76. The molecule has 2 rings (SSSR count). The third kappa shape index (κ3) is 3.54. The molecule has 0 bridgehead atoms. The monoisotopic (exact) mass is 291 g/mol. The van der Waals surface area contributed by atoms with Gasteiger partial charge in [0, 0.05) is 11.6 Å². The number of hydrogen-bond donors (Lipinski definition) is 2. The summed E-state index contributed by atoms with van der Waals surface area (Å²) in [6.45, 7) is 5.72. The molecule has 0 aromatic heterocycles. The molecule has 5 nitrogen and oxygen atoms in total. The summed E-state index contributed by atoms with van der Waals surface area (Å²) in [4.78, 5) is 22.6. The third-order valence-corrected chi connectivity index (χ3v) is 4.29. The van der Waals surface area contributed by atoms with Crippen molar-refractivity contribution >= 4 is 17.6 Å². The second-order valence-corrected chi connectivity index (χ2v) is 5.91. The summed E-state index contributed by atoms with van der Waals surface area (Å²) in [6.07, 6.45) is 1.94. The molecule has 0 spiro atoms. The fourth-order valence-corrected chi connectivity index (χ4v) is 2.44. The molecule has 1 saturated carbocycles. The van der Waals surface area contributed by atoms with Crippen molar-refractivity contribution in [1.82, 2.24) is 0 Å². The summed E-state index contributed by atoms with van der Waals surface area (Å²) in [5.41, 5.74) is 1.74. The van der Waals surface area contributed by atoms with E-state index in [-0.39, 0.29) is 23.8 Å². The van der Waals surface area contributed by atoms with Crippen LogP contribution in [0.3, 0.4) is 0 Å². The van der Waals surface area contributed by atoms with Gasteiger partial charge >= 0.3 is 5.97 Å². The van der Waals surface area contributed by atoms with Gasteiger partial charge in [0.2, 0.25) is 5.91 Å². The third-order valence-electron chi connectivity index (χ3n) is 4.29. The zero-order valence-corrected chi connectivity index (χ0v) is 12.6. The average Bonchev–Trinajstić information content (AvgIpc) is 3.12. The molecule has 1 aromatic rings. The minimum absolute atomic E-state index is 0.0571. The Bertz CT molecular complexity index is 569. The van der Waals surface area contributed by atoms with Gasteiger partial charge in [-0.3, -0.25) is 4.79 Å². The number of anilines is 1. The van der Waals surface area contributed by atoms with Crippen LogP contribution in [-0.2, 0) is 9.59 Å². The Morgan fingerprint density at radius 3 is 2.71 bits per heavy atom. The predicted molar refractivity (Wildman–Crippen MR) is 79.4 cm³/mol. The van der Waals surface area contributed by atoms with Gasteiger partial charge in [0.25, 0.3) is 0 Å². The molecule has 2 unspecified atom stereocenters. The van der Waals surface area contributed by atoms with Crippen LogP contribution >= 0.6 is 0 Å². The maximum Gasteiger partial charge on any atom is 0.341 e. The molecule has 2 atom stereocenters. The predicted octanol–water partition coefficient (Wildman–Crippen LogP) is 2.83. The molecule has 1 fully saturated rings. The van der Waals surface area contributed by atoms with E-state index in [1.54, 1.807) is 18.2 Å². The molecule has 1 amide bonds. The van der Waals surface area contributed by atoms with Gasteiger partial charge in [0.15, 0.2) is 6.61 Å². The standard InChI is InChI=1S/C16H21NO4/c1-4-16(3)8-12(16)15(20)17-13-6-5-11(7-10(13)2)21-9-14(18)19/h5-7,12H,4,8-9H2,1-3H3,(H,17,20)(H,18,19). The van der Waals surface area contributed by atoms with Gasteiger partial charge in [0.1, 0.15) is 5.75 Å². The number of amides is 1. The molecule has 2 N–H and O–H groups in total. The van der Waals surface area contributed by atoms with E-state index >= 15 is 0 Å². The number of aliphatic carboxylic acids is 1. The van der Waals surface area contributed by atoms with Crippen molar-refractivity contribution < 1.29 is 19.4 Å². The van der Waals surface area contributed by atoms with E-state index in [0.717, 1.165) is 24.1 Å². The Kier molecular flexibility index (Phi) is 4.21. The number of carboxylic acids is 1. The van der Waals surface area contributed by atoms with Gasteiger partial charge in [-0.1, -0.05) is 13.8 Å². The van der Waals surface area contributed by atoms with Gasteiger partial charge in [-0.15, -0.1) is 0 Å². The van der Waals surface area contributed by atoms with Crippen molar-refractivity contribution in [3.05, 3.63) is 23.8 Å². The van der Waals surface area contributed by atoms with Crippen LogP contribution in [-0.4, -0.2) is 23.6 Å². The number of ether oxygens (including phenoxy) is 1. The first kappa shape index (κ1) is 15.4. The molecule has 1 aromatic carbocycles. The molecule has 0 heterocycles. The minimum atomic E-state index is -1.02. The van der Waals surface area contributed by atoms with Gasteiger partial charge < -0.3 is 15.2 Å². The van der Waals surface area contributed by atoms with Crippen molar-refractivity contribution in [3.63, 3.8) is 0 Å². The number of nitrogens with one attached hydrogen (secondary N) is 1. The fourth-order valence-electron chi connectivity index (χ4n) is 2.44. The Hall–Kier alpha value is -2.04. The van der Waals surface area contributed by atoms with Crippen LogP contribution in [0, 0.1) is 18.3 Å². The van der Waals surface area contributed by atoms with Crippen molar-refractivity contribution in [3.8, 4) is 5.75 Å². The molecular formula is C16H21NO4. The van der Waals surface area contributed by atoms with Gasteiger partial charge in [-0.25, -0.2) is 4.79 Å². The van der Waals surface area contributed by atoms with Crippen LogP contribution in [0.25, 0.3) is 0 Å². The normalized spacial score (nSPS) is 23.5. The van der Waals surface area contributed by atoms with Gasteiger partial charge in [-0.05, 0) is 48.9 Å². The van der Waals surface area contributed by atoms with Crippen LogP contribution in [0.1, 0.15) is 32.3 Å². The summed E-state index contributed by atoms with van der Waals surface area (Å²) in [6, 6.07) is 5.14. The maximum absolute atomic E-state index is 12.2. The Morgan fingerprint density at radius 2 is 2.19 bits per heavy atom. The van der Waals surface area contributed by atoms with Crippen LogP contribution in [0.15, 0.2) is 18.2 Å². The van der Waals surface area contributed by atoms with Crippen LogP contribution in [0.4, 0.5) is 5.69 Å². The van der Waals surface area contributed by atoms with E-state index in [4.69, 9.17) is 9.84 Å². The van der Waals surface area contributed by atoms with Crippen molar-refractivity contribution in [1.29, 1.82) is 0 Å². The Labute approximate surface area is 124 Å². The summed E-state index contributed by atoms with van der Waals surface area (Å²) >= 11 is 0. The molecule has 21 heavy (non-hydrogen) atoms. The summed E-state index contributed by atoms with van der Waals surface area (Å²) in [5, 5.41) is 11.5. The van der Waals surface area contributed by atoms with Gasteiger partial charge in [-0.2, -0.15) is 0 Å². The van der Waals surface area contributed by atoms with Gasteiger partial charge in [0.05, 0.1) is 0 Å². The number of carboxylic acid groups (broad SMARTS) is 1. The summed E-state index contributed by atoms with van der Waals surface area (Å²) < 4.78 is 5.11. The largest absolute Gasteiger partial charge is 0.482 e. The van der Waals surface area contributed by atoms with E-state index in [1.165, 1.54) is 0 Å². The number of aryl methyl sites for hydroxylation is 1. The topological polar surface area (TPSA) is 75.6 Å².